The van der Waals surface area contributed by atoms with Crippen molar-refractivity contribution in [3.63, 3.8) is 0 Å². The van der Waals surface area contributed by atoms with E-state index in [2.05, 4.69) is 94.7 Å². The SMILES string of the molecule is C=C/C(C)=C\C=C1\C=CC=CC1C.C=Cc1ccc(C)cc1/C=C\C.CC. The lowest BCUT2D eigenvalue weighted by Gasteiger charge is -2.09. The van der Waals surface area contributed by atoms with Crippen molar-refractivity contribution in [3.8, 4) is 0 Å². The first-order chi connectivity index (χ1) is 13.0. The zero-order chi connectivity index (χ0) is 20.7. The summed E-state index contributed by atoms with van der Waals surface area (Å²) < 4.78 is 0. The van der Waals surface area contributed by atoms with Gasteiger partial charge in [-0.05, 0) is 43.4 Å². The lowest BCUT2D eigenvalue weighted by atomic mass is 9.96. The molecule has 0 saturated heterocycles. The van der Waals surface area contributed by atoms with Crippen LogP contribution < -0.4 is 0 Å². The maximum atomic E-state index is 3.77. The summed E-state index contributed by atoms with van der Waals surface area (Å²) in [6.45, 7) is 19.9. The summed E-state index contributed by atoms with van der Waals surface area (Å²) in [4.78, 5) is 0. The Hall–Kier alpha value is -2.60. The monoisotopic (exact) mass is 360 g/mol. The van der Waals surface area contributed by atoms with Crippen LogP contribution in [-0.4, -0.2) is 0 Å². The van der Waals surface area contributed by atoms with Gasteiger partial charge in [0.15, 0.2) is 0 Å². The highest BCUT2D eigenvalue weighted by molar-refractivity contribution is 5.64. The second kappa shape index (κ2) is 14.6. The third-order valence-corrected chi connectivity index (χ3v) is 3.99. The molecule has 1 aliphatic rings. The van der Waals surface area contributed by atoms with Gasteiger partial charge >= 0.3 is 0 Å². The van der Waals surface area contributed by atoms with Crippen LogP contribution in [0.3, 0.4) is 0 Å². The van der Waals surface area contributed by atoms with Crippen LogP contribution in [0.25, 0.3) is 12.2 Å². The van der Waals surface area contributed by atoms with Gasteiger partial charge in [-0.2, -0.15) is 0 Å². The molecule has 1 aromatic rings. The number of rotatable bonds is 4. The Morgan fingerprint density at radius 1 is 1.07 bits per heavy atom. The summed E-state index contributed by atoms with van der Waals surface area (Å²) in [5, 5.41) is 0. The molecule has 0 spiro atoms. The van der Waals surface area contributed by atoms with Crippen LogP contribution >= 0.6 is 0 Å². The second-order valence-corrected chi connectivity index (χ2v) is 6.15. The van der Waals surface area contributed by atoms with Gasteiger partial charge in [-0.15, -0.1) is 0 Å². The van der Waals surface area contributed by atoms with Gasteiger partial charge in [0.2, 0.25) is 0 Å². The number of hydrogen-bond acceptors (Lipinski definition) is 0. The van der Waals surface area contributed by atoms with E-state index < -0.39 is 0 Å². The molecule has 0 heterocycles. The summed E-state index contributed by atoms with van der Waals surface area (Å²) in [6, 6.07) is 6.36. The summed E-state index contributed by atoms with van der Waals surface area (Å²) in [7, 11) is 0. The normalized spacial score (nSPS) is 17.0. The maximum absolute atomic E-state index is 3.77. The molecule has 0 bridgehead atoms. The Labute approximate surface area is 167 Å². The predicted molar refractivity (Wildman–Crippen MR) is 127 cm³/mol. The van der Waals surface area contributed by atoms with Gasteiger partial charge in [-0.25, -0.2) is 0 Å². The van der Waals surface area contributed by atoms with Crippen molar-refractivity contribution < 1.29 is 0 Å². The topological polar surface area (TPSA) is 0 Å². The first-order valence-corrected chi connectivity index (χ1v) is 9.73. The van der Waals surface area contributed by atoms with Crippen molar-refractivity contribution in [2.75, 3.05) is 0 Å². The summed E-state index contributed by atoms with van der Waals surface area (Å²) in [6.07, 6.45) is 20.7. The number of hydrogen-bond donors (Lipinski definition) is 0. The lowest BCUT2D eigenvalue weighted by molar-refractivity contribution is 0.883. The fourth-order valence-corrected chi connectivity index (χ4v) is 2.37. The second-order valence-electron chi connectivity index (χ2n) is 6.15. The highest BCUT2D eigenvalue weighted by Crippen LogP contribution is 2.18. The zero-order valence-corrected chi connectivity index (χ0v) is 18.0. The molecule has 0 saturated carbocycles. The van der Waals surface area contributed by atoms with Crippen LogP contribution in [0.4, 0.5) is 0 Å². The van der Waals surface area contributed by atoms with Gasteiger partial charge in [0.05, 0.1) is 0 Å². The Morgan fingerprint density at radius 3 is 2.33 bits per heavy atom. The molecule has 1 unspecified atom stereocenters. The van der Waals surface area contributed by atoms with E-state index in [1.54, 1.807) is 0 Å². The van der Waals surface area contributed by atoms with E-state index in [4.69, 9.17) is 0 Å². The van der Waals surface area contributed by atoms with Gasteiger partial charge in [0, 0.05) is 0 Å². The average molecular weight is 361 g/mol. The molecule has 0 amide bonds. The van der Waals surface area contributed by atoms with Crippen molar-refractivity contribution in [3.05, 3.63) is 108 Å². The van der Waals surface area contributed by atoms with Crippen LogP contribution in [0.2, 0.25) is 0 Å². The Bertz CT molecular complexity index is 733. The minimum Gasteiger partial charge on any atom is -0.0988 e. The number of benzene rings is 1. The van der Waals surface area contributed by atoms with Crippen molar-refractivity contribution in [2.45, 2.75) is 41.5 Å². The standard InChI is InChI=1S/C13H16.C12H14.C2H6/c1-4-11(2)9-10-13-8-6-5-7-12(13)3;1-4-6-12-9-10(3)7-8-11(12)5-2;1-2/h4-10,12H,1H2,2-3H3;4-9H,2H2,1,3H3;1-2H3/b11-9-,13-10-;6-4-;. The molecule has 0 fully saturated rings. The number of aryl methyl sites for hydroxylation is 1. The first kappa shape index (κ1) is 24.4. The van der Waals surface area contributed by atoms with E-state index in [0.717, 1.165) is 0 Å². The predicted octanol–water partition coefficient (Wildman–Crippen LogP) is 8.50. The molecule has 0 heteroatoms. The van der Waals surface area contributed by atoms with Gasteiger partial charge in [0.1, 0.15) is 0 Å². The van der Waals surface area contributed by atoms with E-state index in [1.165, 1.54) is 27.8 Å². The van der Waals surface area contributed by atoms with Gasteiger partial charge in [0.25, 0.3) is 0 Å². The van der Waals surface area contributed by atoms with Crippen LogP contribution in [0.5, 0.6) is 0 Å². The molecule has 0 N–H and O–H groups in total. The molecule has 0 aromatic heterocycles. The Morgan fingerprint density at radius 2 is 1.78 bits per heavy atom. The minimum atomic E-state index is 0.527. The molecule has 2 rings (SSSR count). The van der Waals surface area contributed by atoms with E-state index in [1.807, 2.05) is 39.0 Å². The third kappa shape index (κ3) is 9.61. The highest BCUT2D eigenvalue weighted by atomic mass is 14.1. The lowest BCUT2D eigenvalue weighted by Crippen LogP contribution is -1.95. The molecule has 0 aliphatic heterocycles. The summed E-state index contributed by atoms with van der Waals surface area (Å²) in [5.41, 5.74) is 6.27. The molecular weight excluding hydrogens is 324 g/mol. The molecular formula is C27H36. The summed E-state index contributed by atoms with van der Waals surface area (Å²) >= 11 is 0. The van der Waals surface area contributed by atoms with Crippen molar-refractivity contribution in [1.29, 1.82) is 0 Å². The van der Waals surface area contributed by atoms with Crippen LogP contribution in [0.1, 0.15) is 51.3 Å². The van der Waals surface area contributed by atoms with E-state index >= 15 is 0 Å². The quantitative estimate of drug-likeness (QED) is 0.472. The molecule has 0 radical (unpaired) electrons. The van der Waals surface area contributed by atoms with Crippen LogP contribution in [-0.2, 0) is 0 Å². The third-order valence-electron chi connectivity index (χ3n) is 3.99. The van der Waals surface area contributed by atoms with Gasteiger partial charge < -0.3 is 0 Å². The first-order valence-electron chi connectivity index (χ1n) is 9.73. The van der Waals surface area contributed by atoms with E-state index in [-0.39, 0.29) is 0 Å². The summed E-state index contributed by atoms with van der Waals surface area (Å²) in [5.74, 6) is 0.527. The Balaban J connectivity index is 0.000000460. The van der Waals surface area contributed by atoms with E-state index in [9.17, 15) is 0 Å². The molecule has 1 aromatic carbocycles. The van der Waals surface area contributed by atoms with Gasteiger partial charge in [-0.3, -0.25) is 0 Å². The van der Waals surface area contributed by atoms with Gasteiger partial charge in [-0.1, -0.05) is 124 Å². The maximum Gasteiger partial charge on any atom is -0.000732 e. The van der Waals surface area contributed by atoms with Crippen molar-refractivity contribution in [1.82, 2.24) is 0 Å². The smallest absolute Gasteiger partial charge is 0.000732 e. The fourth-order valence-electron chi connectivity index (χ4n) is 2.37. The molecule has 144 valence electrons. The Kier molecular flexibility index (Phi) is 13.2. The zero-order valence-electron chi connectivity index (χ0n) is 18.0. The average Bonchev–Trinajstić information content (AvgIpc) is 2.69. The molecule has 1 atom stereocenters. The van der Waals surface area contributed by atoms with Crippen LogP contribution in [0.15, 0.2) is 91.1 Å². The number of allylic oxidation sites excluding steroid dienone is 10. The molecule has 27 heavy (non-hydrogen) atoms. The molecule has 0 nitrogen and oxygen atoms in total. The van der Waals surface area contributed by atoms with Crippen LogP contribution in [0, 0.1) is 12.8 Å². The highest BCUT2D eigenvalue weighted by Gasteiger charge is 2.02. The van der Waals surface area contributed by atoms with E-state index in [0.29, 0.717) is 5.92 Å². The largest absolute Gasteiger partial charge is 0.0988 e. The van der Waals surface area contributed by atoms with Crippen molar-refractivity contribution in [2.24, 2.45) is 5.92 Å². The minimum absolute atomic E-state index is 0.527. The molecule has 1 aliphatic carbocycles. The fraction of sp³-hybridized carbons (Fsp3) is 0.259. The van der Waals surface area contributed by atoms with Crippen molar-refractivity contribution >= 4 is 12.2 Å².